The summed E-state index contributed by atoms with van der Waals surface area (Å²) in [6, 6.07) is 0. The molecule has 4 heteroatoms. The second-order valence-electron chi connectivity index (χ2n) is 5.63. The third-order valence-corrected chi connectivity index (χ3v) is 4.95. The number of hydrogen-bond donors (Lipinski definition) is 1. The average Bonchev–Trinajstić information content (AvgIpc) is 2.93. The van der Waals surface area contributed by atoms with Crippen molar-refractivity contribution in [1.82, 2.24) is 0 Å². The molecule has 4 unspecified atom stereocenters. The lowest BCUT2D eigenvalue weighted by atomic mass is 9.66. The van der Waals surface area contributed by atoms with Gasteiger partial charge in [-0.3, -0.25) is 9.59 Å². The summed E-state index contributed by atoms with van der Waals surface area (Å²) >= 11 is 0. The highest BCUT2D eigenvalue weighted by molar-refractivity contribution is 5.99. The molecule has 0 amide bonds. The Hall–Kier alpha value is -1.06. The first-order valence-corrected chi connectivity index (χ1v) is 6.96. The quantitative estimate of drug-likeness (QED) is 0.604. The van der Waals surface area contributed by atoms with Crippen molar-refractivity contribution in [2.24, 2.45) is 23.2 Å². The van der Waals surface area contributed by atoms with E-state index in [-0.39, 0.29) is 12.5 Å². The van der Waals surface area contributed by atoms with Crippen molar-refractivity contribution in [2.45, 2.75) is 46.0 Å². The molecule has 1 N–H and O–H groups in total. The van der Waals surface area contributed by atoms with Gasteiger partial charge >= 0.3 is 11.9 Å². The zero-order valence-electron chi connectivity index (χ0n) is 11.1. The van der Waals surface area contributed by atoms with Gasteiger partial charge in [0, 0.05) is 0 Å². The fraction of sp³-hybridized carbons (Fsp3) is 0.857. The predicted molar refractivity (Wildman–Crippen MR) is 65.9 cm³/mol. The van der Waals surface area contributed by atoms with Gasteiger partial charge in [-0.25, -0.2) is 0 Å². The molecule has 4 nitrogen and oxygen atoms in total. The van der Waals surface area contributed by atoms with E-state index in [2.05, 4.69) is 0 Å². The number of hydrogen-bond acceptors (Lipinski definition) is 3. The molecule has 18 heavy (non-hydrogen) atoms. The normalized spacial score (nSPS) is 33.1. The maximum atomic E-state index is 12.2. The number of fused-ring (bicyclic) bond motifs is 2. The van der Waals surface area contributed by atoms with Crippen molar-refractivity contribution < 1.29 is 19.4 Å². The van der Waals surface area contributed by atoms with Crippen molar-refractivity contribution in [2.75, 3.05) is 6.61 Å². The first-order valence-electron chi connectivity index (χ1n) is 6.96. The predicted octanol–water partition coefficient (Wildman–Crippen LogP) is 2.47. The van der Waals surface area contributed by atoms with Gasteiger partial charge in [0.1, 0.15) is 0 Å². The smallest absolute Gasteiger partial charge is 0.323 e. The molecule has 0 saturated heterocycles. The Morgan fingerprint density at radius 3 is 2.39 bits per heavy atom. The van der Waals surface area contributed by atoms with Crippen molar-refractivity contribution in [3.63, 3.8) is 0 Å². The summed E-state index contributed by atoms with van der Waals surface area (Å²) in [6.45, 7) is 3.76. The molecule has 102 valence electrons. The van der Waals surface area contributed by atoms with Crippen LogP contribution in [-0.2, 0) is 14.3 Å². The van der Waals surface area contributed by atoms with Crippen LogP contribution in [0, 0.1) is 23.2 Å². The summed E-state index contributed by atoms with van der Waals surface area (Å²) in [5.41, 5.74) is -1.31. The van der Waals surface area contributed by atoms with Crippen LogP contribution in [0.25, 0.3) is 0 Å². The lowest BCUT2D eigenvalue weighted by Crippen LogP contribution is -2.48. The summed E-state index contributed by atoms with van der Waals surface area (Å²) < 4.78 is 5.06. The van der Waals surface area contributed by atoms with E-state index in [1.54, 1.807) is 13.8 Å². The number of ether oxygens (including phenoxy) is 1. The van der Waals surface area contributed by atoms with Crippen LogP contribution in [0.5, 0.6) is 0 Å². The molecule has 4 atom stereocenters. The third kappa shape index (κ3) is 1.82. The Balaban J connectivity index is 2.29. The van der Waals surface area contributed by atoms with Gasteiger partial charge in [-0.05, 0) is 50.4 Å². The lowest BCUT2D eigenvalue weighted by molar-refractivity contribution is -0.175. The maximum absolute atomic E-state index is 12.2. The second-order valence-corrected chi connectivity index (χ2v) is 5.63. The van der Waals surface area contributed by atoms with Crippen molar-refractivity contribution >= 4 is 11.9 Å². The number of carbonyl (C=O) groups is 2. The van der Waals surface area contributed by atoms with Crippen LogP contribution in [0.4, 0.5) is 0 Å². The molecule has 0 spiro atoms. The Labute approximate surface area is 108 Å². The Bertz CT molecular complexity index is 352. The number of aliphatic carboxylic acids is 1. The maximum Gasteiger partial charge on any atom is 0.323 e. The first-order chi connectivity index (χ1) is 8.56. The third-order valence-electron chi connectivity index (χ3n) is 4.95. The Morgan fingerprint density at radius 1 is 1.28 bits per heavy atom. The monoisotopic (exact) mass is 254 g/mol. The van der Waals surface area contributed by atoms with Crippen LogP contribution in [0.15, 0.2) is 0 Å². The van der Waals surface area contributed by atoms with E-state index in [4.69, 9.17) is 4.74 Å². The van der Waals surface area contributed by atoms with E-state index >= 15 is 0 Å². The number of carboxylic acids is 1. The molecule has 0 heterocycles. The van der Waals surface area contributed by atoms with Crippen molar-refractivity contribution in [1.29, 1.82) is 0 Å². The highest BCUT2D eigenvalue weighted by atomic mass is 16.5. The molecule has 2 saturated carbocycles. The van der Waals surface area contributed by atoms with Gasteiger partial charge in [0.05, 0.1) is 6.61 Å². The Morgan fingerprint density at radius 2 is 2.00 bits per heavy atom. The average molecular weight is 254 g/mol. The minimum atomic E-state index is -1.31. The van der Waals surface area contributed by atoms with Crippen molar-refractivity contribution in [3.05, 3.63) is 0 Å². The van der Waals surface area contributed by atoms with E-state index in [1.807, 2.05) is 0 Å². The van der Waals surface area contributed by atoms with E-state index in [0.717, 1.165) is 19.3 Å². The standard InChI is InChI=1S/C14H22O4/c1-3-14(12(15)16,13(17)18-4-2)11-8-9-5-6-10(11)7-9/h9-11H,3-8H2,1-2H3,(H,15,16). The first kappa shape index (κ1) is 13.4. The topological polar surface area (TPSA) is 63.6 Å². The molecule has 2 aliphatic carbocycles. The lowest BCUT2D eigenvalue weighted by Gasteiger charge is -2.36. The number of carboxylic acid groups (broad SMARTS) is 1. The van der Waals surface area contributed by atoms with Gasteiger partial charge in [-0.1, -0.05) is 13.3 Å². The van der Waals surface area contributed by atoms with Gasteiger partial charge in [0.2, 0.25) is 0 Å². The molecule has 2 rings (SSSR count). The van der Waals surface area contributed by atoms with E-state index in [0.29, 0.717) is 18.3 Å². The second kappa shape index (κ2) is 4.90. The van der Waals surface area contributed by atoms with Crippen LogP contribution >= 0.6 is 0 Å². The zero-order valence-corrected chi connectivity index (χ0v) is 11.1. The van der Waals surface area contributed by atoms with Crippen LogP contribution in [0.3, 0.4) is 0 Å². The summed E-state index contributed by atoms with van der Waals surface area (Å²) in [5, 5.41) is 9.61. The van der Waals surface area contributed by atoms with Crippen LogP contribution in [0.1, 0.15) is 46.0 Å². The van der Waals surface area contributed by atoms with Crippen LogP contribution in [-0.4, -0.2) is 23.7 Å². The molecule has 2 fully saturated rings. The molecular weight excluding hydrogens is 232 g/mol. The van der Waals surface area contributed by atoms with Gasteiger partial charge in [-0.2, -0.15) is 0 Å². The molecule has 0 aromatic rings. The summed E-state index contributed by atoms with van der Waals surface area (Å²) in [7, 11) is 0. The fourth-order valence-corrected chi connectivity index (χ4v) is 4.06. The fourth-order valence-electron chi connectivity index (χ4n) is 4.06. The molecule has 2 bridgehead atoms. The highest BCUT2D eigenvalue weighted by Crippen LogP contribution is 2.56. The molecular formula is C14H22O4. The summed E-state index contributed by atoms with van der Waals surface area (Å²) in [4.78, 5) is 23.9. The van der Waals surface area contributed by atoms with Crippen molar-refractivity contribution in [3.8, 4) is 0 Å². The van der Waals surface area contributed by atoms with E-state index in [9.17, 15) is 14.7 Å². The molecule has 0 aliphatic heterocycles. The largest absolute Gasteiger partial charge is 0.480 e. The molecule has 0 aromatic carbocycles. The summed E-state index contributed by atoms with van der Waals surface area (Å²) in [6.07, 6.45) is 4.57. The summed E-state index contributed by atoms with van der Waals surface area (Å²) in [5.74, 6) is -0.536. The van der Waals surface area contributed by atoms with E-state index in [1.165, 1.54) is 6.42 Å². The van der Waals surface area contributed by atoms with Crippen LogP contribution < -0.4 is 0 Å². The Kier molecular flexibility index (Phi) is 3.64. The minimum absolute atomic E-state index is 0.0298. The minimum Gasteiger partial charge on any atom is -0.480 e. The van der Waals surface area contributed by atoms with Crippen LogP contribution in [0.2, 0.25) is 0 Å². The van der Waals surface area contributed by atoms with Gasteiger partial charge < -0.3 is 9.84 Å². The van der Waals surface area contributed by atoms with Gasteiger partial charge in [0.15, 0.2) is 5.41 Å². The highest BCUT2D eigenvalue weighted by Gasteiger charge is 2.58. The molecule has 0 radical (unpaired) electrons. The number of carbonyl (C=O) groups excluding carboxylic acids is 1. The van der Waals surface area contributed by atoms with Gasteiger partial charge in [-0.15, -0.1) is 0 Å². The van der Waals surface area contributed by atoms with E-state index < -0.39 is 17.4 Å². The number of rotatable bonds is 5. The number of esters is 1. The molecule has 0 aromatic heterocycles. The van der Waals surface area contributed by atoms with Gasteiger partial charge in [0.25, 0.3) is 0 Å². The SMILES string of the molecule is CCOC(=O)C(CC)(C(=O)O)C1CC2CCC1C2. The zero-order chi connectivity index (χ0) is 13.3. The molecule has 2 aliphatic rings.